The molecule has 0 radical (unpaired) electrons. The number of rotatable bonds is 5. The molecular formula is C18H13FN4O3S. The molecule has 27 heavy (non-hydrogen) atoms. The summed E-state index contributed by atoms with van der Waals surface area (Å²) in [6.07, 6.45) is 0.976. The van der Waals surface area contributed by atoms with Crippen LogP contribution in [0.1, 0.15) is 27.1 Å². The van der Waals surface area contributed by atoms with Crippen LogP contribution in [0.5, 0.6) is 0 Å². The van der Waals surface area contributed by atoms with Crippen LogP contribution >= 0.6 is 11.3 Å². The topological polar surface area (TPSA) is 88.4 Å². The van der Waals surface area contributed by atoms with E-state index in [0.717, 1.165) is 17.0 Å². The Morgan fingerprint density at radius 1 is 1.30 bits per heavy atom. The lowest BCUT2D eigenvalue weighted by atomic mass is 10.2. The number of nitrogens with zero attached hydrogens (tertiary/aromatic N) is 3. The van der Waals surface area contributed by atoms with Gasteiger partial charge in [0.1, 0.15) is 6.17 Å². The second-order valence-electron chi connectivity index (χ2n) is 5.92. The maximum absolute atomic E-state index is 13.6. The molecule has 0 unspecified atom stereocenters. The minimum atomic E-state index is -0.915. The summed E-state index contributed by atoms with van der Waals surface area (Å²) in [5.74, 6) is -1.09. The molecule has 1 N–H and O–H groups in total. The van der Waals surface area contributed by atoms with Crippen LogP contribution in [-0.2, 0) is 6.54 Å². The number of halogens is 1. The van der Waals surface area contributed by atoms with Crippen molar-refractivity contribution in [1.29, 1.82) is 0 Å². The molecule has 1 aliphatic heterocycles. The lowest BCUT2D eigenvalue weighted by molar-refractivity contribution is -0.387. The fourth-order valence-electron chi connectivity index (χ4n) is 3.02. The van der Waals surface area contributed by atoms with Crippen molar-refractivity contribution in [1.82, 2.24) is 9.88 Å². The van der Waals surface area contributed by atoms with Crippen LogP contribution in [0.15, 0.2) is 54.0 Å². The number of aromatic nitrogens is 1. The van der Waals surface area contributed by atoms with Crippen molar-refractivity contribution in [3.05, 3.63) is 86.1 Å². The van der Waals surface area contributed by atoms with E-state index in [2.05, 4.69) is 10.3 Å². The fraction of sp³-hybridized carbons (Fsp3) is 0.111. The van der Waals surface area contributed by atoms with Gasteiger partial charge in [-0.25, -0.2) is 0 Å². The number of anilines is 1. The first-order valence-corrected chi connectivity index (χ1v) is 8.91. The van der Waals surface area contributed by atoms with Crippen molar-refractivity contribution in [3.63, 3.8) is 0 Å². The number of nitro benzene ring substituents is 1. The summed E-state index contributed by atoms with van der Waals surface area (Å²) in [5.41, 5.74) is 0.708. The first-order valence-electron chi connectivity index (χ1n) is 8.03. The molecule has 1 atom stereocenters. The molecule has 0 bridgehead atoms. The molecule has 4 rings (SSSR count). The van der Waals surface area contributed by atoms with Gasteiger partial charge in [0, 0.05) is 22.8 Å². The monoisotopic (exact) mass is 384 g/mol. The largest absolute Gasteiger partial charge is 0.360 e. The number of nitro groups is 1. The molecule has 9 heteroatoms. The zero-order chi connectivity index (χ0) is 19.0. The molecule has 2 aromatic heterocycles. The summed E-state index contributed by atoms with van der Waals surface area (Å²) in [6, 6.07) is 10.7. The quantitative estimate of drug-likeness (QED) is 0.531. The van der Waals surface area contributed by atoms with Crippen LogP contribution in [0.25, 0.3) is 0 Å². The van der Waals surface area contributed by atoms with Crippen molar-refractivity contribution in [2.75, 3.05) is 5.32 Å². The van der Waals surface area contributed by atoms with Gasteiger partial charge in [0.2, 0.25) is 5.82 Å². The first-order chi connectivity index (χ1) is 13.0. The molecule has 1 amide bonds. The van der Waals surface area contributed by atoms with Gasteiger partial charge in [0.15, 0.2) is 0 Å². The molecule has 0 saturated carbocycles. The molecule has 1 aromatic carbocycles. The third-order valence-electron chi connectivity index (χ3n) is 4.25. The molecule has 3 aromatic rings. The summed E-state index contributed by atoms with van der Waals surface area (Å²) >= 11 is 1.53. The maximum atomic E-state index is 13.6. The van der Waals surface area contributed by atoms with Gasteiger partial charge in [-0.05, 0) is 35.7 Å². The van der Waals surface area contributed by atoms with Crippen LogP contribution in [0, 0.1) is 15.9 Å². The highest BCUT2D eigenvalue weighted by Crippen LogP contribution is 2.35. The van der Waals surface area contributed by atoms with E-state index in [-0.39, 0.29) is 5.91 Å². The summed E-state index contributed by atoms with van der Waals surface area (Å²) in [5, 5.41) is 16.0. The Morgan fingerprint density at radius 3 is 2.89 bits per heavy atom. The summed E-state index contributed by atoms with van der Waals surface area (Å²) < 4.78 is 13.6. The Kier molecular flexibility index (Phi) is 4.28. The highest BCUT2D eigenvalue weighted by atomic mass is 32.1. The van der Waals surface area contributed by atoms with Gasteiger partial charge in [-0.15, -0.1) is 11.3 Å². The summed E-state index contributed by atoms with van der Waals surface area (Å²) in [4.78, 5) is 30.0. The predicted molar refractivity (Wildman–Crippen MR) is 97.8 cm³/mol. The average Bonchev–Trinajstić information content (AvgIpc) is 3.26. The SMILES string of the molecule is O=C1c2cccnc2[C@@H](Nc2ccc(F)c([N+](=O)[O-])c2)N1Cc1cccs1. The normalized spacial score (nSPS) is 15.7. The van der Waals surface area contributed by atoms with Gasteiger partial charge in [0.05, 0.1) is 22.7 Å². The Labute approximate surface area is 157 Å². The standard InChI is InChI=1S/C18H13FN4O3S/c19-14-6-5-11(9-15(14)23(25)26)21-17-16-13(4-1-7-20-16)18(24)22(17)10-12-3-2-8-27-12/h1-9,17,21H,10H2/t17-/m0/s1. The minimum Gasteiger partial charge on any atom is -0.360 e. The second-order valence-corrected chi connectivity index (χ2v) is 6.95. The van der Waals surface area contributed by atoms with Crippen LogP contribution in [0.3, 0.4) is 0 Å². The molecule has 0 aliphatic carbocycles. The minimum absolute atomic E-state index is 0.180. The first kappa shape index (κ1) is 17.1. The van der Waals surface area contributed by atoms with Gasteiger partial charge < -0.3 is 10.2 Å². The Hall–Kier alpha value is -3.33. The second kappa shape index (κ2) is 6.76. The van der Waals surface area contributed by atoms with Gasteiger partial charge in [0.25, 0.3) is 5.91 Å². The van der Waals surface area contributed by atoms with Crippen molar-refractivity contribution in [2.24, 2.45) is 0 Å². The molecule has 0 spiro atoms. The Morgan fingerprint density at radius 2 is 2.15 bits per heavy atom. The van der Waals surface area contributed by atoms with Crippen molar-refractivity contribution in [2.45, 2.75) is 12.7 Å². The van der Waals surface area contributed by atoms with Crippen LogP contribution in [0.2, 0.25) is 0 Å². The van der Waals surface area contributed by atoms with Gasteiger partial charge in [-0.1, -0.05) is 6.07 Å². The highest BCUT2D eigenvalue weighted by Gasteiger charge is 2.38. The molecule has 0 saturated heterocycles. The number of fused-ring (bicyclic) bond motifs is 1. The number of benzene rings is 1. The highest BCUT2D eigenvalue weighted by molar-refractivity contribution is 7.09. The number of hydrogen-bond donors (Lipinski definition) is 1. The van der Waals surface area contributed by atoms with Crippen molar-refractivity contribution >= 4 is 28.6 Å². The fourth-order valence-corrected chi connectivity index (χ4v) is 3.72. The molecule has 0 fully saturated rings. The number of amides is 1. The predicted octanol–water partition coefficient (Wildman–Crippen LogP) is 3.96. The number of nitrogens with one attached hydrogen (secondary N) is 1. The molecule has 3 heterocycles. The van der Waals surface area contributed by atoms with E-state index in [1.165, 1.54) is 17.4 Å². The van der Waals surface area contributed by atoms with E-state index in [0.29, 0.717) is 23.5 Å². The number of carbonyl (C=O) groups is 1. The van der Waals surface area contributed by atoms with E-state index in [1.807, 2.05) is 17.5 Å². The van der Waals surface area contributed by atoms with Gasteiger partial charge in [-0.2, -0.15) is 4.39 Å². The smallest absolute Gasteiger partial charge is 0.306 e. The van der Waals surface area contributed by atoms with Gasteiger partial charge >= 0.3 is 5.69 Å². The van der Waals surface area contributed by atoms with E-state index in [1.54, 1.807) is 23.2 Å². The molecular weight excluding hydrogens is 371 g/mol. The average molecular weight is 384 g/mol. The van der Waals surface area contributed by atoms with E-state index >= 15 is 0 Å². The van der Waals surface area contributed by atoms with Crippen molar-refractivity contribution in [3.8, 4) is 0 Å². The zero-order valence-corrected chi connectivity index (χ0v) is 14.6. The van der Waals surface area contributed by atoms with Crippen molar-refractivity contribution < 1.29 is 14.1 Å². The van der Waals surface area contributed by atoms with Crippen LogP contribution < -0.4 is 5.32 Å². The number of hydrogen-bond acceptors (Lipinski definition) is 6. The lowest BCUT2D eigenvalue weighted by Gasteiger charge is -2.26. The third kappa shape index (κ3) is 3.13. The molecule has 7 nitrogen and oxygen atoms in total. The maximum Gasteiger partial charge on any atom is 0.306 e. The number of thiophene rings is 1. The summed E-state index contributed by atoms with van der Waals surface area (Å²) in [7, 11) is 0. The molecule has 136 valence electrons. The third-order valence-corrected chi connectivity index (χ3v) is 5.11. The van der Waals surface area contributed by atoms with Crippen LogP contribution in [-0.4, -0.2) is 20.7 Å². The Balaban J connectivity index is 1.70. The van der Waals surface area contributed by atoms with E-state index in [9.17, 15) is 19.3 Å². The lowest BCUT2D eigenvalue weighted by Crippen LogP contribution is -2.31. The number of carbonyl (C=O) groups excluding carboxylic acids is 1. The van der Waals surface area contributed by atoms with E-state index < -0.39 is 22.6 Å². The Bertz CT molecular complexity index is 1030. The summed E-state index contributed by atoms with van der Waals surface area (Å²) in [6.45, 7) is 0.369. The molecule has 1 aliphatic rings. The van der Waals surface area contributed by atoms with E-state index in [4.69, 9.17) is 0 Å². The number of pyridine rings is 1. The van der Waals surface area contributed by atoms with Crippen LogP contribution in [0.4, 0.5) is 15.8 Å². The van der Waals surface area contributed by atoms with Gasteiger partial charge in [-0.3, -0.25) is 19.9 Å². The zero-order valence-electron chi connectivity index (χ0n) is 13.8.